The first-order chi connectivity index (χ1) is 17.2. The van der Waals surface area contributed by atoms with Crippen LogP contribution >= 0.6 is 22.6 Å². The predicted octanol–water partition coefficient (Wildman–Crippen LogP) is 4.60. The van der Waals surface area contributed by atoms with Crippen molar-refractivity contribution < 1.29 is 27.9 Å². The topological polar surface area (TPSA) is 133 Å². The lowest BCUT2D eigenvalue weighted by Crippen LogP contribution is -2.30. The summed E-state index contributed by atoms with van der Waals surface area (Å²) in [6, 6.07) is 9.45. The number of hydrogen-bond acceptors (Lipinski definition) is 5. The Kier molecular flexibility index (Phi) is 8.43. The molecule has 3 N–H and O–H groups in total. The van der Waals surface area contributed by atoms with Crippen LogP contribution in [0.15, 0.2) is 34.7 Å². The maximum absolute atomic E-state index is 12.8. The Morgan fingerprint density at radius 2 is 2.00 bits per heavy atom. The van der Waals surface area contributed by atoms with Crippen molar-refractivity contribution in [2.24, 2.45) is 11.8 Å². The summed E-state index contributed by atoms with van der Waals surface area (Å²) < 4.78 is 30.2. The first-order valence-corrected chi connectivity index (χ1v) is 13.8. The number of pyridine rings is 1. The Morgan fingerprint density at radius 1 is 1.28 bits per heavy atom. The van der Waals surface area contributed by atoms with E-state index in [0.717, 1.165) is 27.5 Å². The number of hydrogen-bond donors (Lipinski definition) is 3. The fourth-order valence-electron chi connectivity index (χ4n) is 4.80. The van der Waals surface area contributed by atoms with E-state index in [2.05, 4.69) is 32.9 Å². The van der Waals surface area contributed by atoms with Crippen molar-refractivity contribution in [3.63, 3.8) is 0 Å². The SMILES string of the molecule is CNC(=O)c1c(-c2ccc(C)cc2)oc2nc(CN(CCC3CCCC3C(=O)O)S(=O)O)c(I)cc12. The van der Waals surface area contributed by atoms with E-state index in [1.807, 2.05) is 31.2 Å². The van der Waals surface area contributed by atoms with E-state index in [9.17, 15) is 23.5 Å². The molecule has 0 bridgehead atoms. The van der Waals surface area contributed by atoms with E-state index < -0.39 is 23.2 Å². The molecule has 1 amide bonds. The van der Waals surface area contributed by atoms with E-state index in [1.165, 1.54) is 4.31 Å². The number of fused-ring (bicyclic) bond motifs is 1. The number of aryl methyl sites for hydroxylation is 1. The highest BCUT2D eigenvalue weighted by Gasteiger charge is 2.33. The molecule has 4 rings (SSSR count). The van der Waals surface area contributed by atoms with E-state index in [0.29, 0.717) is 35.2 Å². The minimum absolute atomic E-state index is 0.0136. The molecule has 3 unspecified atom stereocenters. The van der Waals surface area contributed by atoms with E-state index in [4.69, 9.17) is 4.42 Å². The molecule has 2 heterocycles. The zero-order valence-corrected chi connectivity index (χ0v) is 23.0. The van der Waals surface area contributed by atoms with Gasteiger partial charge in [-0.3, -0.25) is 14.1 Å². The smallest absolute Gasteiger partial charge is 0.306 e. The first kappa shape index (κ1) is 26.7. The molecule has 1 aliphatic rings. The summed E-state index contributed by atoms with van der Waals surface area (Å²) in [5.41, 5.74) is 3.02. The standard InChI is InChI=1S/C25H28IN3O6S/c1-14-6-8-16(9-7-14)22-21(23(30)27-2)18-12-19(26)20(28-24(18)35-22)13-29(36(33)34)11-10-15-4-3-5-17(15)25(31)32/h6-9,12,15,17H,3-5,10-11,13H2,1-2H3,(H,27,30)(H,31,32)(H,33,34). The molecule has 11 heteroatoms. The van der Waals surface area contributed by atoms with Crippen LogP contribution in [0.5, 0.6) is 0 Å². The number of carbonyl (C=O) groups excluding carboxylic acids is 1. The zero-order valence-electron chi connectivity index (χ0n) is 20.0. The Labute approximate surface area is 225 Å². The quantitative estimate of drug-likeness (QED) is 0.234. The van der Waals surface area contributed by atoms with Crippen molar-refractivity contribution in [2.75, 3.05) is 13.6 Å². The van der Waals surface area contributed by atoms with Gasteiger partial charge in [-0.25, -0.2) is 9.19 Å². The number of amides is 1. The second-order valence-corrected chi connectivity index (χ2v) is 11.2. The van der Waals surface area contributed by atoms with Crippen LogP contribution in [0.2, 0.25) is 0 Å². The average Bonchev–Trinajstić information content (AvgIpc) is 3.46. The van der Waals surface area contributed by atoms with Crippen LogP contribution in [-0.2, 0) is 22.6 Å². The summed E-state index contributed by atoms with van der Waals surface area (Å²) in [5, 5.41) is 12.7. The number of benzene rings is 1. The Bertz CT molecular complexity index is 1310. The summed E-state index contributed by atoms with van der Waals surface area (Å²) in [7, 11) is 1.56. The predicted molar refractivity (Wildman–Crippen MR) is 145 cm³/mol. The summed E-state index contributed by atoms with van der Waals surface area (Å²) in [5.74, 6) is -1.10. The number of nitrogens with zero attached hydrogens (tertiary/aromatic N) is 2. The van der Waals surface area contributed by atoms with Gasteiger partial charge in [-0.1, -0.05) is 36.2 Å². The van der Waals surface area contributed by atoms with Crippen molar-refractivity contribution in [3.8, 4) is 11.3 Å². The van der Waals surface area contributed by atoms with Gasteiger partial charge < -0.3 is 14.8 Å². The molecule has 9 nitrogen and oxygen atoms in total. The third-order valence-corrected chi connectivity index (χ3v) is 8.44. The number of carboxylic acid groups (broad SMARTS) is 1. The van der Waals surface area contributed by atoms with Gasteiger partial charge in [-0.05, 0) is 60.8 Å². The summed E-state index contributed by atoms with van der Waals surface area (Å²) >= 11 is -0.157. The van der Waals surface area contributed by atoms with Gasteiger partial charge in [0.15, 0.2) is 0 Å². The molecule has 1 aliphatic carbocycles. The van der Waals surface area contributed by atoms with Gasteiger partial charge in [0.25, 0.3) is 5.91 Å². The molecule has 3 atom stereocenters. The van der Waals surface area contributed by atoms with E-state index >= 15 is 0 Å². The van der Waals surface area contributed by atoms with Gasteiger partial charge >= 0.3 is 5.97 Å². The molecule has 0 saturated heterocycles. The molecular weight excluding hydrogens is 597 g/mol. The minimum atomic E-state index is -2.26. The number of carboxylic acids is 1. The van der Waals surface area contributed by atoms with Gasteiger partial charge in [0.05, 0.1) is 29.1 Å². The summed E-state index contributed by atoms with van der Waals surface area (Å²) in [6.07, 6.45) is 2.82. The van der Waals surface area contributed by atoms with Crippen LogP contribution in [0.3, 0.4) is 0 Å². The third-order valence-electron chi connectivity index (χ3n) is 6.75. The number of carbonyl (C=O) groups is 2. The van der Waals surface area contributed by atoms with Crippen LogP contribution in [0.4, 0.5) is 0 Å². The number of rotatable bonds is 9. The van der Waals surface area contributed by atoms with E-state index in [-0.39, 0.29) is 30.6 Å². The Balaban J connectivity index is 1.64. The third kappa shape index (κ3) is 5.63. The van der Waals surface area contributed by atoms with Crippen LogP contribution < -0.4 is 5.32 Å². The van der Waals surface area contributed by atoms with Crippen LogP contribution in [0.1, 0.15) is 47.3 Å². The lowest BCUT2D eigenvalue weighted by atomic mass is 9.93. The highest BCUT2D eigenvalue weighted by molar-refractivity contribution is 14.1. The molecule has 1 fully saturated rings. The molecule has 0 spiro atoms. The van der Waals surface area contributed by atoms with Gasteiger partial charge in [0.2, 0.25) is 17.0 Å². The van der Waals surface area contributed by atoms with Crippen molar-refractivity contribution in [1.82, 2.24) is 14.6 Å². The first-order valence-electron chi connectivity index (χ1n) is 11.7. The van der Waals surface area contributed by atoms with Gasteiger partial charge in [-0.2, -0.15) is 4.31 Å². The molecule has 2 aromatic heterocycles. The molecular formula is C25H28IN3O6S. The largest absolute Gasteiger partial charge is 0.481 e. The van der Waals surface area contributed by atoms with Crippen molar-refractivity contribution in [3.05, 3.63) is 50.7 Å². The Hall–Kier alpha value is -2.35. The number of furan rings is 1. The fraction of sp³-hybridized carbons (Fsp3) is 0.400. The van der Waals surface area contributed by atoms with Crippen LogP contribution in [0.25, 0.3) is 22.4 Å². The lowest BCUT2D eigenvalue weighted by molar-refractivity contribution is -0.143. The maximum atomic E-state index is 12.8. The number of nitrogens with one attached hydrogen (secondary N) is 1. The van der Waals surface area contributed by atoms with Crippen LogP contribution in [-0.4, -0.2) is 48.6 Å². The molecule has 1 aromatic carbocycles. The van der Waals surface area contributed by atoms with Gasteiger partial charge in [0.1, 0.15) is 5.76 Å². The minimum Gasteiger partial charge on any atom is -0.481 e. The summed E-state index contributed by atoms with van der Waals surface area (Å²) in [4.78, 5) is 28.9. The van der Waals surface area contributed by atoms with Gasteiger partial charge in [0, 0.05) is 22.7 Å². The molecule has 0 radical (unpaired) electrons. The summed E-state index contributed by atoms with van der Waals surface area (Å²) in [6.45, 7) is 2.32. The molecule has 3 aromatic rings. The highest BCUT2D eigenvalue weighted by Crippen LogP contribution is 2.36. The molecule has 1 saturated carbocycles. The number of aromatic nitrogens is 1. The monoisotopic (exact) mass is 625 g/mol. The number of aliphatic carboxylic acids is 1. The highest BCUT2D eigenvalue weighted by atomic mass is 127. The van der Waals surface area contributed by atoms with Crippen LogP contribution in [0, 0.1) is 22.3 Å². The van der Waals surface area contributed by atoms with Gasteiger partial charge in [-0.15, -0.1) is 0 Å². The second kappa shape index (κ2) is 11.4. The van der Waals surface area contributed by atoms with E-state index in [1.54, 1.807) is 13.1 Å². The average molecular weight is 625 g/mol. The molecule has 0 aliphatic heterocycles. The lowest BCUT2D eigenvalue weighted by Gasteiger charge is -2.21. The Morgan fingerprint density at radius 3 is 2.64 bits per heavy atom. The zero-order chi connectivity index (χ0) is 26.0. The van der Waals surface area contributed by atoms with Crippen molar-refractivity contribution >= 4 is 56.8 Å². The molecule has 36 heavy (non-hydrogen) atoms. The van der Waals surface area contributed by atoms with Crippen molar-refractivity contribution in [1.29, 1.82) is 0 Å². The second-order valence-electron chi connectivity index (χ2n) is 9.04. The normalized spacial score (nSPS) is 18.6. The number of halogens is 1. The maximum Gasteiger partial charge on any atom is 0.306 e. The van der Waals surface area contributed by atoms with Crippen molar-refractivity contribution in [2.45, 2.75) is 39.2 Å². The fourth-order valence-corrected chi connectivity index (χ4v) is 5.90. The molecule has 192 valence electrons.